The minimum absolute atomic E-state index is 0.890. The Morgan fingerprint density at radius 2 is 2.15 bits per heavy atom. The van der Waals surface area contributed by atoms with Gasteiger partial charge in [0.05, 0.1) is 18.6 Å². The van der Waals surface area contributed by atoms with Crippen LogP contribution in [0.4, 0.5) is 0 Å². The molecular formula is C17H28N2O. The molecule has 0 aromatic carbocycles. The van der Waals surface area contributed by atoms with Crippen molar-refractivity contribution < 1.29 is 4.74 Å². The van der Waals surface area contributed by atoms with Crippen molar-refractivity contribution in [3.8, 4) is 0 Å². The molecule has 0 aliphatic rings. The maximum absolute atomic E-state index is 5.50. The molecule has 1 aromatic rings. The Kier molecular flexibility index (Phi) is 6.43. The van der Waals surface area contributed by atoms with Crippen molar-refractivity contribution >= 4 is 5.57 Å². The monoisotopic (exact) mass is 276 g/mol. The lowest BCUT2D eigenvalue weighted by molar-refractivity contribution is 0.294. The first-order chi connectivity index (χ1) is 9.54. The highest BCUT2D eigenvalue weighted by molar-refractivity contribution is 5.66. The van der Waals surface area contributed by atoms with Gasteiger partial charge in [-0.2, -0.15) is 0 Å². The van der Waals surface area contributed by atoms with Crippen LogP contribution in [0, 0.1) is 0 Å². The van der Waals surface area contributed by atoms with Gasteiger partial charge in [-0.15, -0.1) is 6.58 Å². The third-order valence-electron chi connectivity index (χ3n) is 3.49. The first-order valence-corrected chi connectivity index (χ1v) is 7.29. The van der Waals surface area contributed by atoms with E-state index in [1.165, 1.54) is 29.7 Å². The molecule has 3 nitrogen and oxygen atoms in total. The molecule has 0 atom stereocenters. The van der Waals surface area contributed by atoms with Crippen molar-refractivity contribution in [2.24, 2.45) is 0 Å². The summed E-state index contributed by atoms with van der Waals surface area (Å²) in [5.41, 5.74) is 3.79. The van der Waals surface area contributed by atoms with Crippen LogP contribution in [0.15, 0.2) is 30.7 Å². The zero-order valence-corrected chi connectivity index (χ0v) is 13.6. The summed E-state index contributed by atoms with van der Waals surface area (Å²) in [5.74, 6) is 1.00. The summed E-state index contributed by atoms with van der Waals surface area (Å²) in [7, 11) is 5.86. The minimum Gasteiger partial charge on any atom is -0.501 e. The fraction of sp³-hybridized carbons (Fsp3) is 0.529. The van der Waals surface area contributed by atoms with E-state index in [0.29, 0.717) is 0 Å². The van der Waals surface area contributed by atoms with Gasteiger partial charge in [-0.3, -0.25) is 4.68 Å². The second-order valence-electron chi connectivity index (χ2n) is 5.26. The molecule has 20 heavy (non-hydrogen) atoms. The Labute approximate surface area is 123 Å². The number of allylic oxidation sites excluding steroid dienone is 3. The van der Waals surface area contributed by atoms with Crippen molar-refractivity contribution in [1.82, 2.24) is 4.68 Å². The van der Waals surface area contributed by atoms with Gasteiger partial charge in [-0.25, -0.2) is 0 Å². The topological polar surface area (TPSA) is 17.4 Å². The van der Waals surface area contributed by atoms with Gasteiger partial charge in [0.25, 0.3) is 0 Å². The summed E-state index contributed by atoms with van der Waals surface area (Å²) >= 11 is 0. The summed E-state index contributed by atoms with van der Waals surface area (Å²) in [4.78, 5) is 0. The van der Waals surface area contributed by atoms with E-state index in [2.05, 4.69) is 49.5 Å². The Morgan fingerprint density at radius 1 is 1.45 bits per heavy atom. The van der Waals surface area contributed by atoms with E-state index in [1.807, 2.05) is 13.0 Å². The van der Waals surface area contributed by atoms with Crippen molar-refractivity contribution in [1.29, 1.82) is 0 Å². The molecule has 0 aliphatic heterocycles. The zero-order valence-electron chi connectivity index (χ0n) is 13.6. The van der Waals surface area contributed by atoms with Crippen LogP contribution in [0.25, 0.3) is 5.57 Å². The molecule has 0 amide bonds. The molecule has 0 bridgehead atoms. The molecule has 3 heteroatoms. The summed E-state index contributed by atoms with van der Waals surface area (Å²) < 4.78 is 7.68. The molecule has 0 fully saturated rings. The van der Waals surface area contributed by atoms with Gasteiger partial charge in [0, 0.05) is 25.9 Å². The molecule has 0 spiro atoms. The van der Waals surface area contributed by atoms with Crippen LogP contribution >= 0.6 is 0 Å². The van der Waals surface area contributed by atoms with Crippen LogP contribution in [-0.2, 0) is 11.2 Å². The van der Waals surface area contributed by atoms with Gasteiger partial charge in [0.1, 0.15) is 0 Å². The lowest BCUT2D eigenvalue weighted by Crippen LogP contribution is -2.25. The van der Waals surface area contributed by atoms with E-state index in [-0.39, 0.29) is 0 Å². The van der Waals surface area contributed by atoms with Gasteiger partial charge in [0.2, 0.25) is 0 Å². The predicted molar refractivity (Wildman–Crippen MR) is 87.5 cm³/mol. The Balaban J connectivity index is 3.27. The molecule has 0 N–H and O–H groups in total. The summed E-state index contributed by atoms with van der Waals surface area (Å²) in [6.07, 6.45) is 8.40. The van der Waals surface area contributed by atoms with Crippen molar-refractivity contribution in [3.05, 3.63) is 41.9 Å². The summed E-state index contributed by atoms with van der Waals surface area (Å²) in [6, 6.07) is 2.25. The van der Waals surface area contributed by atoms with Crippen LogP contribution in [-0.4, -0.2) is 25.9 Å². The van der Waals surface area contributed by atoms with Crippen molar-refractivity contribution in [2.45, 2.75) is 39.5 Å². The third-order valence-corrected chi connectivity index (χ3v) is 3.49. The van der Waals surface area contributed by atoms with Gasteiger partial charge in [-0.1, -0.05) is 19.4 Å². The van der Waals surface area contributed by atoms with E-state index >= 15 is 0 Å². The molecular weight excluding hydrogens is 248 g/mol. The highest BCUT2D eigenvalue weighted by Crippen LogP contribution is 2.27. The van der Waals surface area contributed by atoms with Crippen LogP contribution in [0.2, 0.25) is 0 Å². The summed E-state index contributed by atoms with van der Waals surface area (Å²) in [5, 5.41) is 2.09. The lowest BCUT2D eigenvalue weighted by atomic mass is 10.0. The smallest absolute Gasteiger partial charge is 0.0977 e. The molecule has 112 valence electrons. The molecule has 0 saturated heterocycles. The number of unbranched alkanes of at least 4 members (excludes halogenated alkanes) is 1. The first kappa shape index (κ1) is 16.4. The zero-order chi connectivity index (χ0) is 15.1. The lowest BCUT2D eigenvalue weighted by Gasteiger charge is -2.20. The van der Waals surface area contributed by atoms with E-state index < -0.39 is 0 Å². The number of methoxy groups -OCH3 is 1. The van der Waals surface area contributed by atoms with E-state index in [1.54, 1.807) is 7.11 Å². The second-order valence-corrected chi connectivity index (χ2v) is 5.26. The highest BCUT2D eigenvalue weighted by atomic mass is 16.5. The van der Waals surface area contributed by atoms with Crippen molar-refractivity contribution in [3.63, 3.8) is 0 Å². The van der Waals surface area contributed by atoms with Crippen molar-refractivity contribution in [2.75, 3.05) is 26.2 Å². The Morgan fingerprint density at radius 3 is 2.65 bits per heavy atom. The standard InChI is InChI=1S/C17H28N2O/c1-7-9-11-16(14(3)20-6)17-12-15(10-8-2)13-19(17)18(4)5/h8,12-13H,2,7,9-11H2,1,3-6H3/b16-14+. The molecule has 0 aliphatic carbocycles. The minimum atomic E-state index is 0.890. The number of aromatic nitrogens is 1. The Bertz CT molecular complexity index is 469. The number of nitrogens with zero attached hydrogens (tertiary/aromatic N) is 2. The fourth-order valence-corrected chi connectivity index (χ4v) is 2.30. The number of hydrogen-bond acceptors (Lipinski definition) is 2. The van der Waals surface area contributed by atoms with E-state index in [9.17, 15) is 0 Å². The largest absolute Gasteiger partial charge is 0.501 e. The number of rotatable bonds is 8. The predicted octanol–water partition coefficient (Wildman–Crippen LogP) is 3.98. The van der Waals surface area contributed by atoms with E-state index in [0.717, 1.165) is 18.6 Å². The molecule has 0 radical (unpaired) electrons. The fourth-order valence-electron chi connectivity index (χ4n) is 2.30. The van der Waals surface area contributed by atoms with Crippen LogP contribution in [0.1, 0.15) is 44.4 Å². The van der Waals surface area contributed by atoms with E-state index in [4.69, 9.17) is 4.74 Å². The normalized spacial score (nSPS) is 12.1. The van der Waals surface area contributed by atoms with Gasteiger partial charge >= 0.3 is 0 Å². The number of ether oxygens (including phenoxy) is 1. The van der Waals surface area contributed by atoms with Crippen LogP contribution < -0.4 is 5.01 Å². The molecule has 0 saturated carbocycles. The average Bonchev–Trinajstić information content (AvgIpc) is 2.83. The van der Waals surface area contributed by atoms with Gasteiger partial charge < -0.3 is 9.75 Å². The maximum atomic E-state index is 5.50. The molecule has 1 aromatic heterocycles. The van der Waals surface area contributed by atoms with Crippen LogP contribution in [0.5, 0.6) is 0 Å². The van der Waals surface area contributed by atoms with Gasteiger partial charge in [-0.05, 0) is 37.8 Å². The van der Waals surface area contributed by atoms with Crippen LogP contribution in [0.3, 0.4) is 0 Å². The molecule has 0 unspecified atom stereocenters. The number of hydrogen-bond donors (Lipinski definition) is 0. The SMILES string of the molecule is C=CCc1cc(/C(CCCC)=C(\C)OC)n(N(C)C)c1. The highest BCUT2D eigenvalue weighted by Gasteiger charge is 2.14. The van der Waals surface area contributed by atoms with Gasteiger partial charge in [0.15, 0.2) is 0 Å². The average molecular weight is 276 g/mol. The second kappa shape index (κ2) is 7.83. The molecule has 1 heterocycles. The molecule has 1 rings (SSSR count). The third kappa shape index (κ3) is 3.92. The maximum Gasteiger partial charge on any atom is 0.0977 e. The quantitative estimate of drug-likeness (QED) is 0.528. The summed E-state index contributed by atoms with van der Waals surface area (Å²) in [6.45, 7) is 8.09. The Hall–Kier alpha value is -1.64. The first-order valence-electron chi connectivity index (χ1n) is 7.29.